The van der Waals surface area contributed by atoms with Gasteiger partial charge in [0, 0.05) is 12.6 Å². The first-order chi connectivity index (χ1) is 9.57. The van der Waals surface area contributed by atoms with Crippen molar-refractivity contribution in [3.8, 4) is 0 Å². The Labute approximate surface area is 123 Å². The molecule has 1 heterocycles. The number of carbonyl (C=O) groups excluding carboxylic acids is 1. The monoisotopic (exact) mass is 294 g/mol. The Kier molecular flexibility index (Phi) is 3.58. The standard InChI is InChI=1S/C14H22N4OS/c1-14(6-2-3-7-14)8-16-13-10(11(15)18-20-13)12(19)17-9-4-5-9/h9,16H,2-8H2,1H3,(H2,15,18)(H,17,19). The van der Waals surface area contributed by atoms with E-state index in [0.717, 1.165) is 24.4 Å². The van der Waals surface area contributed by atoms with E-state index in [0.29, 0.717) is 22.8 Å². The summed E-state index contributed by atoms with van der Waals surface area (Å²) in [5, 5.41) is 7.20. The van der Waals surface area contributed by atoms with Crippen LogP contribution in [0.4, 0.5) is 10.8 Å². The number of carbonyl (C=O) groups is 1. The molecule has 2 saturated carbocycles. The van der Waals surface area contributed by atoms with Crippen LogP contribution in [0.3, 0.4) is 0 Å². The van der Waals surface area contributed by atoms with Gasteiger partial charge in [0.25, 0.3) is 5.91 Å². The van der Waals surface area contributed by atoms with Crippen molar-refractivity contribution < 1.29 is 4.79 Å². The fraction of sp³-hybridized carbons (Fsp3) is 0.714. The van der Waals surface area contributed by atoms with Crippen LogP contribution in [0, 0.1) is 5.41 Å². The molecule has 5 nitrogen and oxygen atoms in total. The zero-order valence-electron chi connectivity index (χ0n) is 11.9. The second-order valence-electron chi connectivity index (χ2n) is 6.39. The van der Waals surface area contributed by atoms with Crippen LogP contribution in [-0.4, -0.2) is 22.9 Å². The van der Waals surface area contributed by atoms with Crippen LogP contribution in [-0.2, 0) is 0 Å². The third kappa shape index (κ3) is 2.90. The van der Waals surface area contributed by atoms with Gasteiger partial charge in [-0.25, -0.2) is 0 Å². The van der Waals surface area contributed by atoms with Crippen molar-refractivity contribution in [2.45, 2.75) is 51.5 Å². The lowest BCUT2D eigenvalue weighted by Crippen LogP contribution is -2.28. The Hall–Kier alpha value is -1.30. The van der Waals surface area contributed by atoms with Crippen LogP contribution in [0.2, 0.25) is 0 Å². The predicted molar refractivity (Wildman–Crippen MR) is 82.1 cm³/mol. The number of amides is 1. The SMILES string of the molecule is CC1(CNc2snc(N)c2C(=O)NC2CC2)CCCC1. The van der Waals surface area contributed by atoms with E-state index in [2.05, 4.69) is 21.9 Å². The number of nitrogens with one attached hydrogen (secondary N) is 2. The maximum atomic E-state index is 12.2. The molecule has 0 radical (unpaired) electrons. The highest BCUT2D eigenvalue weighted by atomic mass is 32.1. The van der Waals surface area contributed by atoms with Gasteiger partial charge in [-0.2, -0.15) is 4.37 Å². The first kappa shape index (κ1) is 13.7. The number of hydrogen-bond acceptors (Lipinski definition) is 5. The lowest BCUT2D eigenvalue weighted by atomic mass is 9.89. The highest BCUT2D eigenvalue weighted by molar-refractivity contribution is 7.11. The lowest BCUT2D eigenvalue weighted by Gasteiger charge is -2.24. The number of nitrogen functional groups attached to an aromatic ring is 1. The first-order valence-corrected chi connectivity index (χ1v) is 8.15. The number of anilines is 2. The number of nitrogens with two attached hydrogens (primary N) is 1. The van der Waals surface area contributed by atoms with Crippen molar-refractivity contribution in [1.29, 1.82) is 0 Å². The van der Waals surface area contributed by atoms with Gasteiger partial charge < -0.3 is 16.4 Å². The minimum atomic E-state index is -0.0853. The number of hydrogen-bond donors (Lipinski definition) is 3. The molecular formula is C14H22N4OS. The molecule has 1 aromatic rings. The zero-order chi connectivity index (χ0) is 14.2. The van der Waals surface area contributed by atoms with E-state index >= 15 is 0 Å². The highest BCUT2D eigenvalue weighted by Crippen LogP contribution is 2.38. The molecule has 2 fully saturated rings. The summed E-state index contributed by atoms with van der Waals surface area (Å²) in [5.74, 6) is 0.255. The maximum absolute atomic E-state index is 12.2. The zero-order valence-corrected chi connectivity index (χ0v) is 12.7. The molecule has 0 atom stereocenters. The van der Waals surface area contributed by atoms with Gasteiger partial charge in [0.05, 0.1) is 0 Å². The molecule has 6 heteroatoms. The topological polar surface area (TPSA) is 80.0 Å². The van der Waals surface area contributed by atoms with Gasteiger partial charge in [-0.15, -0.1) is 0 Å². The summed E-state index contributed by atoms with van der Waals surface area (Å²) < 4.78 is 4.13. The van der Waals surface area contributed by atoms with Crippen molar-refractivity contribution in [1.82, 2.24) is 9.69 Å². The molecule has 0 aromatic carbocycles. The molecule has 110 valence electrons. The summed E-state index contributed by atoms with van der Waals surface area (Å²) in [6.45, 7) is 3.19. The summed E-state index contributed by atoms with van der Waals surface area (Å²) >= 11 is 1.29. The Morgan fingerprint density at radius 3 is 2.80 bits per heavy atom. The summed E-state index contributed by atoms with van der Waals surface area (Å²) in [6.07, 6.45) is 7.25. The van der Waals surface area contributed by atoms with Crippen molar-refractivity contribution in [2.75, 3.05) is 17.6 Å². The third-order valence-corrected chi connectivity index (χ3v) is 5.16. The predicted octanol–water partition coefficient (Wildman–Crippen LogP) is 2.61. The van der Waals surface area contributed by atoms with Crippen molar-refractivity contribution in [3.63, 3.8) is 0 Å². The Morgan fingerprint density at radius 1 is 1.45 bits per heavy atom. The van der Waals surface area contributed by atoms with Crippen LogP contribution in [0.5, 0.6) is 0 Å². The van der Waals surface area contributed by atoms with Crippen LogP contribution in [0.25, 0.3) is 0 Å². The minimum absolute atomic E-state index is 0.0853. The molecular weight excluding hydrogens is 272 g/mol. The lowest BCUT2D eigenvalue weighted by molar-refractivity contribution is 0.0953. The maximum Gasteiger partial charge on any atom is 0.258 e. The van der Waals surface area contributed by atoms with Crippen molar-refractivity contribution in [3.05, 3.63) is 5.56 Å². The molecule has 0 aliphatic heterocycles. The van der Waals surface area contributed by atoms with Gasteiger partial charge in [-0.3, -0.25) is 4.79 Å². The van der Waals surface area contributed by atoms with E-state index < -0.39 is 0 Å². The third-order valence-electron chi connectivity index (χ3n) is 4.34. The van der Waals surface area contributed by atoms with Gasteiger partial charge in [-0.1, -0.05) is 19.8 Å². The Morgan fingerprint density at radius 2 is 2.15 bits per heavy atom. The van der Waals surface area contributed by atoms with Gasteiger partial charge in [0.1, 0.15) is 10.6 Å². The molecule has 1 amide bonds. The van der Waals surface area contributed by atoms with Crippen molar-refractivity contribution in [2.24, 2.45) is 5.41 Å². The molecule has 0 saturated heterocycles. The fourth-order valence-electron chi connectivity index (χ4n) is 2.83. The second kappa shape index (κ2) is 5.24. The molecule has 4 N–H and O–H groups in total. The normalized spacial score (nSPS) is 20.9. The summed E-state index contributed by atoms with van der Waals surface area (Å²) in [6, 6.07) is 0.335. The first-order valence-electron chi connectivity index (χ1n) is 7.37. The molecule has 2 aliphatic rings. The van der Waals surface area contributed by atoms with Crippen LogP contribution >= 0.6 is 11.5 Å². The number of nitrogens with zero attached hydrogens (tertiary/aromatic N) is 1. The average molecular weight is 294 g/mol. The molecule has 20 heavy (non-hydrogen) atoms. The minimum Gasteiger partial charge on any atom is -0.382 e. The van der Waals surface area contributed by atoms with Gasteiger partial charge >= 0.3 is 0 Å². The van der Waals surface area contributed by atoms with E-state index in [1.807, 2.05) is 0 Å². The molecule has 2 aliphatic carbocycles. The molecule has 1 aromatic heterocycles. The summed E-state index contributed by atoms with van der Waals surface area (Å²) in [7, 11) is 0. The highest BCUT2D eigenvalue weighted by Gasteiger charge is 2.30. The molecule has 3 rings (SSSR count). The molecule has 0 bridgehead atoms. The van der Waals surface area contributed by atoms with E-state index in [1.165, 1.54) is 37.2 Å². The van der Waals surface area contributed by atoms with Crippen LogP contribution < -0.4 is 16.4 Å². The average Bonchev–Trinajstić information content (AvgIpc) is 2.98. The second-order valence-corrected chi connectivity index (χ2v) is 7.16. The largest absolute Gasteiger partial charge is 0.382 e. The van der Waals surface area contributed by atoms with Gasteiger partial charge in [-0.05, 0) is 42.6 Å². The smallest absolute Gasteiger partial charge is 0.258 e. The number of aromatic nitrogens is 1. The number of rotatable bonds is 5. The molecule has 0 spiro atoms. The van der Waals surface area contributed by atoms with Crippen LogP contribution in [0.15, 0.2) is 0 Å². The van der Waals surface area contributed by atoms with Gasteiger partial charge in [0.15, 0.2) is 5.82 Å². The fourth-order valence-corrected chi connectivity index (χ4v) is 3.53. The van der Waals surface area contributed by atoms with E-state index in [1.54, 1.807) is 0 Å². The van der Waals surface area contributed by atoms with E-state index in [4.69, 9.17) is 5.73 Å². The quantitative estimate of drug-likeness (QED) is 0.780. The van der Waals surface area contributed by atoms with E-state index in [-0.39, 0.29) is 5.91 Å². The van der Waals surface area contributed by atoms with E-state index in [9.17, 15) is 4.79 Å². The van der Waals surface area contributed by atoms with Gasteiger partial charge in [0.2, 0.25) is 0 Å². The summed E-state index contributed by atoms with van der Waals surface area (Å²) in [4.78, 5) is 12.2. The van der Waals surface area contributed by atoms with Crippen molar-refractivity contribution >= 4 is 28.3 Å². The Balaban J connectivity index is 1.67. The van der Waals surface area contributed by atoms with Crippen LogP contribution in [0.1, 0.15) is 55.8 Å². The Bertz CT molecular complexity index is 503. The molecule has 0 unspecified atom stereocenters. The summed E-state index contributed by atoms with van der Waals surface area (Å²) in [5.41, 5.74) is 6.72.